The van der Waals surface area contributed by atoms with Crippen molar-refractivity contribution in [3.63, 3.8) is 0 Å². The number of non-ortho nitro benzene ring substituents is 1. The number of aldehydes is 1. The van der Waals surface area contributed by atoms with Crippen LogP contribution in [0.15, 0.2) is 18.2 Å². The Morgan fingerprint density at radius 2 is 1.95 bits per heavy atom. The molecule has 2 rings (SSSR count). The maximum absolute atomic E-state index is 13.1. The molecule has 0 aromatic heterocycles. The first-order valence-corrected chi connectivity index (χ1v) is 5.79. The third-order valence-corrected chi connectivity index (χ3v) is 3.18. The highest BCUT2D eigenvalue weighted by Crippen LogP contribution is 2.32. The standard InChI is InChI=1S/C12H12F2N2O3/c13-12(14)3-5-15(6-4-12)11-2-1-10(16(18)19)7-9(11)8-17/h1-2,7-8H,3-6H2. The van der Waals surface area contributed by atoms with Crippen molar-refractivity contribution in [1.29, 1.82) is 0 Å². The average Bonchev–Trinajstić information content (AvgIpc) is 2.38. The first-order valence-electron chi connectivity index (χ1n) is 5.79. The lowest BCUT2D eigenvalue weighted by Crippen LogP contribution is -2.39. The van der Waals surface area contributed by atoms with Crippen molar-refractivity contribution in [2.24, 2.45) is 0 Å². The molecule has 5 nitrogen and oxygen atoms in total. The van der Waals surface area contributed by atoms with E-state index in [-0.39, 0.29) is 37.2 Å². The fourth-order valence-corrected chi connectivity index (χ4v) is 2.11. The number of nitro benzene ring substituents is 1. The third-order valence-electron chi connectivity index (χ3n) is 3.18. The van der Waals surface area contributed by atoms with Gasteiger partial charge in [0.1, 0.15) is 0 Å². The van der Waals surface area contributed by atoms with Crippen molar-refractivity contribution in [2.45, 2.75) is 18.8 Å². The molecule has 102 valence electrons. The molecule has 0 amide bonds. The van der Waals surface area contributed by atoms with Crippen LogP contribution < -0.4 is 4.90 Å². The number of alkyl halides is 2. The highest BCUT2D eigenvalue weighted by atomic mass is 19.3. The molecule has 0 aliphatic carbocycles. The number of piperidine rings is 1. The van der Waals surface area contributed by atoms with Crippen LogP contribution in [0.5, 0.6) is 0 Å². The van der Waals surface area contributed by atoms with Crippen molar-refractivity contribution in [3.8, 4) is 0 Å². The molecule has 0 saturated carbocycles. The molecule has 1 aromatic rings. The summed E-state index contributed by atoms with van der Waals surface area (Å²) in [7, 11) is 0. The number of nitrogens with zero attached hydrogens (tertiary/aromatic N) is 2. The Morgan fingerprint density at radius 3 is 2.47 bits per heavy atom. The quantitative estimate of drug-likeness (QED) is 0.481. The van der Waals surface area contributed by atoms with Gasteiger partial charge in [-0.05, 0) is 6.07 Å². The van der Waals surface area contributed by atoms with Crippen LogP contribution in [0.25, 0.3) is 0 Å². The molecular formula is C12H12F2N2O3. The molecule has 0 bridgehead atoms. The molecule has 1 fully saturated rings. The molecule has 0 unspecified atom stereocenters. The minimum Gasteiger partial charge on any atom is -0.370 e. The molecular weight excluding hydrogens is 258 g/mol. The summed E-state index contributed by atoms with van der Waals surface area (Å²) < 4.78 is 26.1. The number of carbonyl (C=O) groups is 1. The first-order chi connectivity index (χ1) is 8.93. The summed E-state index contributed by atoms with van der Waals surface area (Å²) in [6, 6.07) is 3.87. The van der Waals surface area contributed by atoms with E-state index in [4.69, 9.17) is 0 Å². The van der Waals surface area contributed by atoms with E-state index in [0.717, 1.165) is 6.07 Å². The summed E-state index contributed by atoms with van der Waals surface area (Å²) in [5.74, 6) is -2.67. The maximum Gasteiger partial charge on any atom is 0.270 e. The van der Waals surface area contributed by atoms with E-state index >= 15 is 0 Å². The Bertz CT molecular complexity index is 510. The van der Waals surface area contributed by atoms with E-state index in [1.165, 1.54) is 12.1 Å². The topological polar surface area (TPSA) is 63.4 Å². The number of rotatable bonds is 3. The lowest BCUT2D eigenvalue weighted by molar-refractivity contribution is -0.384. The second-order valence-corrected chi connectivity index (χ2v) is 4.46. The summed E-state index contributed by atoms with van der Waals surface area (Å²) in [5.41, 5.74) is 0.434. The largest absolute Gasteiger partial charge is 0.370 e. The van der Waals surface area contributed by atoms with Crippen LogP contribution >= 0.6 is 0 Å². The molecule has 0 radical (unpaired) electrons. The molecule has 1 heterocycles. The van der Waals surface area contributed by atoms with E-state index in [1.54, 1.807) is 4.90 Å². The molecule has 0 spiro atoms. The first kappa shape index (κ1) is 13.4. The maximum atomic E-state index is 13.1. The Morgan fingerprint density at radius 1 is 1.32 bits per heavy atom. The zero-order valence-electron chi connectivity index (χ0n) is 10.0. The van der Waals surface area contributed by atoms with Gasteiger partial charge in [-0.25, -0.2) is 8.78 Å². The summed E-state index contributed by atoms with van der Waals surface area (Å²) in [4.78, 5) is 22.7. The van der Waals surface area contributed by atoms with Crippen LogP contribution in [-0.2, 0) is 0 Å². The van der Waals surface area contributed by atoms with Crippen molar-refractivity contribution < 1.29 is 18.5 Å². The average molecular weight is 270 g/mol. The van der Waals surface area contributed by atoms with Gasteiger partial charge in [0.25, 0.3) is 11.6 Å². The molecule has 1 aliphatic rings. The van der Waals surface area contributed by atoms with Gasteiger partial charge >= 0.3 is 0 Å². The summed E-state index contributed by atoms with van der Waals surface area (Å²) in [6.45, 7) is 0.261. The van der Waals surface area contributed by atoms with Crippen LogP contribution in [0.4, 0.5) is 20.2 Å². The molecule has 1 saturated heterocycles. The number of benzene rings is 1. The van der Waals surface area contributed by atoms with Crippen molar-refractivity contribution in [1.82, 2.24) is 0 Å². The summed E-state index contributed by atoms with van der Waals surface area (Å²) in [5, 5.41) is 10.6. The molecule has 19 heavy (non-hydrogen) atoms. The second kappa shape index (κ2) is 4.91. The number of hydrogen-bond donors (Lipinski definition) is 0. The van der Waals surface area contributed by atoms with Crippen LogP contribution in [0.1, 0.15) is 23.2 Å². The van der Waals surface area contributed by atoms with E-state index in [9.17, 15) is 23.7 Å². The van der Waals surface area contributed by atoms with Crippen LogP contribution in [0.2, 0.25) is 0 Å². The van der Waals surface area contributed by atoms with Gasteiger partial charge in [0, 0.05) is 49.3 Å². The highest BCUT2D eigenvalue weighted by Gasteiger charge is 2.34. The Balaban J connectivity index is 2.25. The third kappa shape index (κ3) is 2.86. The SMILES string of the molecule is O=Cc1cc([N+](=O)[O-])ccc1N1CCC(F)(F)CC1. The fraction of sp³-hybridized carbons (Fsp3) is 0.417. The van der Waals surface area contributed by atoms with Crippen molar-refractivity contribution >= 4 is 17.7 Å². The van der Waals surface area contributed by atoms with Gasteiger partial charge in [0.2, 0.25) is 0 Å². The van der Waals surface area contributed by atoms with Gasteiger partial charge in [-0.3, -0.25) is 14.9 Å². The predicted molar refractivity (Wildman–Crippen MR) is 64.9 cm³/mol. The summed E-state index contributed by atoms with van der Waals surface area (Å²) >= 11 is 0. The lowest BCUT2D eigenvalue weighted by atomic mass is 10.0. The lowest BCUT2D eigenvalue weighted by Gasteiger charge is -2.33. The molecule has 1 aromatic carbocycles. The molecule has 0 N–H and O–H groups in total. The Hall–Kier alpha value is -2.05. The van der Waals surface area contributed by atoms with Crippen LogP contribution in [0.3, 0.4) is 0 Å². The van der Waals surface area contributed by atoms with Gasteiger partial charge in [-0.1, -0.05) is 0 Å². The zero-order valence-corrected chi connectivity index (χ0v) is 10.0. The van der Waals surface area contributed by atoms with Crippen LogP contribution in [-0.4, -0.2) is 30.2 Å². The van der Waals surface area contributed by atoms with Gasteiger partial charge in [-0.15, -0.1) is 0 Å². The number of carbonyl (C=O) groups excluding carboxylic acids is 1. The van der Waals surface area contributed by atoms with Crippen LogP contribution in [0, 0.1) is 10.1 Å². The smallest absolute Gasteiger partial charge is 0.270 e. The second-order valence-electron chi connectivity index (χ2n) is 4.46. The number of hydrogen-bond acceptors (Lipinski definition) is 4. The van der Waals surface area contributed by atoms with E-state index in [2.05, 4.69) is 0 Å². The normalized spacial score (nSPS) is 18.1. The monoisotopic (exact) mass is 270 g/mol. The van der Waals surface area contributed by atoms with Gasteiger partial charge in [0.15, 0.2) is 6.29 Å². The predicted octanol–water partition coefficient (Wildman–Crippen LogP) is 2.64. The highest BCUT2D eigenvalue weighted by molar-refractivity contribution is 5.86. The van der Waals surface area contributed by atoms with Crippen molar-refractivity contribution in [3.05, 3.63) is 33.9 Å². The Kier molecular flexibility index (Phi) is 3.46. The van der Waals surface area contributed by atoms with E-state index in [0.29, 0.717) is 12.0 Å². The molecule has 0 atom stereocenters. The zero-order chi connectivity index (χ0) is 14.0. The van der Waals surface area contributed by atoms with E-state index < -0.39 is 10.8 Å². The molecule has 7 heteroatoms. The number of halogens is 2. The molecule has 1 aliphatic heterocycles. The van der Waals surface area contributed by atoms with Gasteiger partial charge in [0.05, 0.1) is 4.92 Å². The summed E-state index contributed by atoms with van der Waals surface area (Å²) in [6.07, 6.45) is -0.0420. The number of nitro groups is 1. The minimum absolute atomic E-state index is 0.131. The van der Waals surface area contributed by atoms with Gasteiger partial charge < -0.3 is 4.90 Å². The van der Waals surface area contributed by atoms with Crippen molar-refractivity contribution in [2.75, 3.05) is 18.0 Å². The Labute approximate surface area is 108 Å². The van der Waals surface area contributed by atoms with Gasteiger partial charge in [-0.2, -0.15) is 0 Å². The fourth-order valence-electron chi connectivity index (χ4n) is 2.11. The number of anilines is 1. The van der Waals surface area contributed by atoms with E-state index in [1.807, 2.05) is 0 Å². The minimum atomic E-state index is -2.67.